The van der Waals surface area contributed by atoms with Gasteiger partial charge in [-0.2, -0.15) is 5.26 Å². The van der Waals surface area contributed by atoms with Gasteiger partial charge < -0.3 is 9.30 Å². The van der Waals surface area contributed by atoms with Crippen molar-refractivity contribution in [3.8, 4) is 6.07 Å². The summed E-state index contributed by atoms with van der Waals surface area (Å²) >= 11 is 0. The Hall–Kier alpha value is -1.86. The van der Waals surface area contributed by atoms with Crippen LogP contribution in [-0.2, 0) is 10.3 Å². The molecule has 0 saturated carbocycles. The fourth-order valence-electron chi connectivity index (χ4n) is 2.21. The van der Waals surface area contributed by atoms with Crippen LogP contribution in [0.5, 0.6) is 0 Å². The number of fused-ring (bicyclic) bond motifs is 1. The number of benzene rings is 1. The van der Waals surface area contributed by atoms with Crippen molar-refractivity contribution in [1.29, 1.82) is 5.26 Å². The average Bonchev–Trinajstić information content (AvgIpc) is 2.77. The maximum atomic E-state index is 8.98. The maximum absolute atomic E-state index is 8.98. The monoisotopic (exact) mass is 257 g/mol. The van der Waals surface area contributed by atoms with Crippen LogP contribution < -0.4 is 0 Å². The predicted octanol–water partition coefficient (Wildman–Crippen LogP) is 3.37. The summed E-state index contributed by atoms with van der Waals surface area (Å²) in [6.45, 7) is 8.24. The molecule has 0 atom stereocenters. The van der Waals surface area contributed by atoms with Crippen molar-refractivity contribution in [2.75, 3.05) is 7.11 Å². The van der Waals surface area contributed by atoms with E-state index < -0.39 is 5.60 Å². The number of hydrogen-bond acceptors (Lipinski definition) is 3. The second kappa shape index (κ2) is 4.67. The molecule has 0 N–H and O–H groups in total. The first-order valence-electron chi connectivity index (χ1n) is 6.38. The van der Waals surface area contributed by atoms with Gasteiger partial charge in [0.2, 0.25) is 0 Å². The number of hydrogen-bond donors (Lipinski definition) is 0. The van der Waals surface area contributed by atoms with E-state index in [0.29, 0.717) is 5.56 Å². The predicted molar refractivity (Wildman–Crippen MR) is 74.9 cm³/mol. The first kappa shape index (κ1) is 13.6. The molecule has 4 nitrogen and oxygen atoms in total. The highest BCUT2D eigenvalue weighted by atomic mass is 16.5. The van der Waals surface area contributed by atoms with Crippen LogP contribution in [0.2, 0.25) is 0 Å². The molecule has 0 spiro atoms. The van der Waals surface area contributed by atoms with Crippen LogP contribution in [-0.4, -0.2) is 16.7 Å². The van der Waals surface area contributed by atoms with Crippen molar-refractivity contribution in [2.24, 2.45) is 0 Å². The Morgan fingerprint density at radius 2 is 2.05 bits per heavy atom. The largest absolute Gasteiger partial charge is 0.371 e. The SMILES string of the molecule is COC(C)(C)c1nc2cc(C#N)ccc2n1C(C)C. The van der Waals surface area contributed by atoms with Gasteiger partial charge >= 0.3 is 0 Å². The van der Waals surface area contributed by atoms with Gasteiger partial charge in [0, 0.05) is 13.2 Å². The van der Waals surface area contributed by atoms with Crippen molar-refractivity contribution in [2.45, 2.75) is 39.3 Å². The quantitative estimate of drug-likeness (QED) is 0.847. The smallest absolute Gasteiger partial charge is 0.141 e. The van der Waals surface area contributed by atoms with E-state index in [0.717, 1.165) is 16.9 Å². The molecule has 100 valence electrons. The summed E-state index contributed by atoms with van der Waals surface area (Å²) < 4.78 is 7.72. The zero-order valence-corrected chi connectivity index (χ0v) is 12.1. The molecule has 2 aromatic rings. The molecule has 1 aromatic heterocycles. The van der Waals surface area contributed by atoms with Crippen molar-refractivity contribution in [1.82, 2.24) is 9.55 Å². The summed E-state index contributed by atoms with van der Waals surface area (Å²) in [5.41, 5.74) is 2.04. The fraction of sp³-hybridized carbons (Fsp3) is 0.467. The Labute approximate surface area is 113 Å². The summed E-state index contributed by atoms with van der Waals surface area (Å²) in [7, 11) is 1.69. The lowest BCUT2D eigenvalue weighted by Gasteiger charge is -2.25. The molecule has 19 heavy (non-hydrogen) atoms. The summed E-state index contributed by atoms with van der Waals surface area (Å²) in [6, 6.07) is 8.03. The minimum absolute atomic E-state index is 0.280. The summed E-state index contributed by atoms with van der Waals surface area (Å²) in [6.07, 6.45) is 0. The number of nitrogens with zero attached hydrogens (tertiary/aromatic N) is 3. The van der Waals surface area contributed by atoms with Crippen molar-refractivity contribution in [3.63, 3.8) is 0 Å². The third-order valence-corrected chi connectivity index (χ3v) is 3.38. The van der Waals surface area contributed by atoms with Crippen LogP contribution in [0, 0.1) is 11.3 Å². The van der Waals surface area contributed by atoms with E-state index in [1.807, 2.05) is 32.0 Å². The standard InChI is InChI=1S/C15H19N3O/c1-10(2)18-13-7-6-11(9-16)8-12(13)17-14(18)15(3,4)19-5/h6-8,10H,1-5H3. The number of methoxy groups -OCH3 is 1. The van der Waals surface area contributed by atoms with Gasteiger partial charge in [0.05, 0.1) is 22.7 Å². The summed E-state index contributed by atoms with van der Waals surface area (Å²) in [5.74, 6) is 0.884. The molecule has 0 radical (unpaired) electrons. The van der Waals surface area contributed by atoms with Crippen molar-refractivity contribution >= 4 is 11.0 Å². The molecule has 1 aromatic carbocycles. The molecule has 0 aliphatic heterocycles. The fourth-order valence-corrected chi connectivity index (χ4v) is 2.21. The van der Waals surface area contributed by atoms with E-state index in [1.54, 1.807) is 7.11 Å². The molecule has 2 rings (SSSR count). The van der Waals surface area contributed by atoms with Gasteiger partial charge in [0.25, 0.3) is 0 Å². The van der Waals surface area contributed by atoms with Crippen LogP contribution in [0.1, 0.15) is 45.1 Å². The summed E-state index contributed by atoms with van der Waals surface area (Å²) in [4.78, 5) is 4.67. The molecule has 4 heteroatoms. The molecule has 0 bridgehead atoms. The van der Waals surface area contributed by atoms with Gasteiger partial charge in [0.15, 0.2) is 0 Å². The Morgan fingerprint density at radius 1 is 1.37 bits per heavy atom. The highest BCUT2D eigenvalue weighted by molar-refractivity contribution is 5.78. The highest BCUT2D eigenvalue weighted by Gasteiger charge is 2.28. The molecule has 0 aliphatic carbocycles. The minimum atomic E-state index is -0.462. The zero-order valence-electron chi connectivity index (χ0n) is 12.1. The van der Waals surface area contributed by atoms with Gasteiger partial charge in [-0.15, -0.1) is 0 Å². The lowest BCUT2D eigenvalue weighted by atomic mass is 10.1. The molecule has 0 saturated heterocycles. The van der Waals surface area contributed by atoms with Crippen molar-refractivity contribution < 1.29 is 4.74 Å². The lowest BCUT2D eigenvalue weighted by molar-refractivity contribution is 0.00822. The average molecular weight is 257 g/mol. The van der Waals surface area contributed by atoms with Gasteiger partial charge in [-0.25, -0.2) is 4.98 Å². The second-order valence-electron chi connectivity index (χ2n) is 5.43. The number of nitriles is 1. The number of rotatable bonds is 3. The van der Waals surface area contributed by atoms with Gasteiger partial charge in [-0.1, -0.05) is 0 Å². The van der Waals surface area contributed by atoms with E-state index in [-0.39, 0.29) is 6.04 Å². The van der Waals surface area contributed by atoms with Gasteiger partial charge in [-0.3, -0.25) is 0 Å². The van der Waals surface area contributed by atoms with E-state index in [9.17, 15) is 0 Å². The molecular formula is C15H19N3O. The first-order valence-corrected chi connectivity index (χ1v) is 6.38. The highest BCUT2D eigenvalue weighted by Crippen LogP contribution is 2.30. The number of imidazole rings is 1. The molecule has 1 heterocycles. The van der Waals surface area contributed by atoms with Gasteiger partial charge in [0.1, 0.15) is 11.4 Å². The number of ether oxygens (including phenoxy) is 1. The Bertz CT molecular complexity index is 647. The third kappa shape index (κ3) is 2.22. The number of aromatic nitrogens is 2. The minimum Gasteiger partial charge on any atom is -0.371 e. The molecule has 0 fully saturated rings. The van der Waals surface area contributed by atoms with Gasteiger partial charge in [-0.05, 0) is 45.9 Å². The molecular weight excluding hydrogens is 238 g/mol. The van der Waals surface area contributed by atoms with Crippen LogP contribution in [0.3, 0.4) is 0 Å². The third-order valence-electron chi connectivity index (χ3n) is 3.38. The van der Waals surface area contributed by atoms with E-state index in [2.05, 4.69) is 29.5 Å². The molecule has 0 unspecified atom stereocenters. The molecule has 0 aliphatic rings. The van der Waals surface area contributed by atoms with E-state index >= 15 is 0 Å². The Kier molecular flexibility index (Phi) is 3.34. The van der Waals surface area contributed by atoms with Crippen LogP contribution >= 0.6 is 0 Å². The molecule has 0 amide bonds. The maximum Gasteiger partial charge on any atom is 0.141 e. The van der Waals surface area contributed by atoms with Crippen LogP contribution in [0.4, 0.5) is 0 Å². The van der Waals surface area contributed by atoms with Crippen LogP contribution in [0.15, 0.2) is 18.2 Å². The first-order chi connectivity index (χ1) is 8.90. The summed E-state index contributed by atoms with van der Waals surface area (Å²) in [5, 5.41) is 8.98. The zero-order chi connectivity index (χ0) is 14.2. The van der Waals surface area contributed by atoms with Crippen LogP contribution in [0.25, 0.3) is 11.0 Å². The normalized spacial score (nSPS) is 12.1. The van der Waals surface area contributed by atoms with E-state index in [4.69, 9.17) is 10.00 Å². The Morgan fingerprint density at radius 3 is 2.58 bits per heavy atom. The Balaban J connectivity index is 2.77. The topological polar surface area (TPSA) is 50.8 Å². The van der Waals surface area contributed by atoms with E-state index in [1.165, 1.54) is 0 Å². The second-order valence-corrected chi connectivity index (χ2v) is 5.43. The lowest BCUT2D eigenvalue weighted by Crippen LogP contribution is -2.25. The van der Waals surface area contributed by atoms with Crippen molar-refractivity contribution in [3.05, 3.63) is 29.6 Å².